The summed E-state index contributed by atoms with van der Waals surface area (Å²) in [4.78, 5) is 0. The summed E-state index contributed by atoms with van der Waals surface area (Å²) in [6, 6.07) is 7.47. The van der Waals surface area contributed by atoms with Crippen LogP contribution in [0.25, 0.3) is 0 Å². The second-order valence-corrected chi connectivity index (χ2v) is 3.21. The third-order valence-corrected chi connectivity index (χ3v) is 1.69. The zero-order valence-electron chi connectivity index (χ0n) is 7.38. The number of hydrogen-bond acceptors (Lipinski definition) is 1. The van der Waals surface area contributed by atoms with E-state index in [0.717, 1.165) is 11.3 Å². The SMILES string of the molecule is NC(=S)Nc1ccc(C#CCCl)cc1. The lowest BCUT2D eigenvalue weighted by Crippen LogP contribution is -2.18. The molecule has 1 rings (SSSR count). The van der Waals surface area contributed by atoms with Crippen molar-refractivity contribution in [3.63, 3.8) is 0 Å². The Morgan fingerprint density at radius 2 is 2.07 bits per heavy atom. The molecule has 0 aliphatic heterocycles. The van der Waals surface area contributed by atoms with E-state index in [4.69, 9.17) is 29.6 Å². The Morgan fingerprint density at radius 1 is 1.43 bits per heavy atom. The van der Waals surface area contributed by atoms with E-state index in [2.05, 4.69) is 17.2 Å². The van der Waals surface area contributed by atoms with Crippen LogP contribution < -0.4 is 11.1 Å². The minimum Gasteiger partial charge on any atom is -0.376 e. The molecule has 4 heteroatoms. The third kappa shape index (κ3) is 3.65. The van der Waals surface area contributed by atoms with Gasteiger partial charge in [0.2, 0.25) is 0 Å². The molecule has 0 aliphatic rings. The van der Waals surface area contributed by atoms with Crippen LogP contribution in [0.1, 0.15) is 5.56 Å². The molecule has 1 aromatic rings. The Balaban J connectivity index is 2.73. The number of hydrogen-bond donors (Lipinski definition) is 2. The van der Waals surface area contributed by atoms with Gasteiger partial charge >= 0.3 is 0 Å². The van der Waals surface area contributed by atoms with Gasteiger partial charge in [-0.05, 0) is 36.5 Å². The van der Waals surface area contributed by atoms with E-state index in [1.54, 1.807) is 0 Å². The van der Waals surface area contributed by atoms with E-state index >= 15 is 0 Å². The molecule has 0 fully saturated rings. The quantitative estimate of drug-likeness (QED) is 0.435. The van der Waals surface area contributed by atoms with Gasteiger partial charge < -0.3 is 11.1 Å². The average Bonchev–Trinajstić information content (AvgIpc) is 2.16. The summed E-state index contributed by atoms with van der Waals surface area (Å²) in [6.45, 7) is 0. The van der Waals surface area contributed by atoms with Crippen molar-refractivity contribution in [3.05, 3.63) is 29.8 Å². The molecule has 3 N–H and O–H groups in total. The number of rotatable bonds is 1. The Morgan fingerprint density at radius 3 is 2.57 bits per heavy atom. The van der Waals surface area contributed by atoms with Crippen molar-refractivity contribution in [2.75, 3.05) is 11.2 Å². The van der Waals surface area contributed by atoms with E-state index < -0.39 is 0 Å². The minimum absolute atomic E-state index is 0.254. The van der Waals surface area contributed by atoms with E-state index in [9.17, 15) is 0 Å². The van der Waals surface area contributed by atoms with Crippen LogP contribution in [0.2, 0.25) is 0 Å². The van der Waals surface area contributed by atoms with Crippen molar-refractivity contribution in [2.45, 2.75) is 0 Å². The molecule has 0 bridgehead atoms. The second-order valence-electron chi connectivity index (χ2n) is 2.50. The van der Waals surface area contributed by atoms with Gasteiger partial charge in [0, 0.05) is 11.3 Å². The zero-order valence-corrected chi connectivity index (χ0v) is 8.95. The molecule has 0 atom stereocenters. The maximum Gasteiger partial charge on any atom is 0.168 e. The summed E-state index contributed by atoms with van der Waals surface area (Å²) in [5.74, 6) is 6.01. The molecule has 14 heavy (non-hydrogen) atoms. The first-order chi connectivity index (χ1) is 6.72. The first-order valence-corrected chi connectivity index (χ1v) is 4.88. The fourth-order valence-electron chi connectivity index (χ4n) is 0.915. The molecule has 72 valence electrons. The first-order valence-electron chi connectivity index (χ1n) is 3.93. The average molecular weight is 225 g/mol. The van der Waals surface area contributed by atoms with E-state index in [0.29, 0.717) is 5.88 Å². The number of nitrogens with two attached hydrogens (primary N) is 1. The van der Waals surface area contributed by atoms with Gasteiger partial charge in [0.05, 0.1) is 5.88 Å². The normalized spacial score (nSPS) is 8.64. The lowest BCUT2D eigenvalue weighted by Gasteiger charge is -2.02. The predicted octanol–water partition coefficient (Wildman–Crippen LogP) is 1.93. The molecule has 2 nitrogen and oxygen atoms in total. The van der Waals surface area contributed by atoms with Crippen molar-refractivity contribution in [2.24, 2.45) is 5.73 Å². The lowest BCUT2D eigenvalue weighted by atomic mass is 10.2. The van der Waals surface area contributed by atoms with Crippen molar-refractivity contribution in [1.82, 2.24) is 0 Å². The third-order valence-electron chi connectivity index (χ3n) is 1.45. The Hall–Kier alpha value is -1.24. The van der Waals surface area contributed by atoms with Crippen molar-refractivity contribution in [1.29, 1.82) is 0 Å². The van der Waals surface area contributed by atoms with Crippen LogP contribution in [0.15, 0.2) is 24.3 Å². The fourth-order valence-corrected chi connectivity index (χ4v) is 1.10. The highest BCUT2D eigenvalue weighted by Crippen LogP contribution is 2.08. The molecule has 0 heterocycles. The van der Waals surface area contributed by atoms with Gasteiger partial charge in [-0.25, -0.2) is 0 Å². The maximum absolute atomic E-state index is 5.43. The number of anilines is 1. The van der Waals surface area contributed by atoms with Gasteiger partial charge in [0.25, 0.3) is 0 Å². The van der Waals surface area contributed by atoms with E-state index in [1.165, 1.54) is 0 Å². The minimum atomic E-state index is 0.254. The molecule has 1 aromatic carbocycles. The van der Waals surface area contributed by atoms with Crippen LogP contribution in [-0.2, 0) is 0 Å². The van der Waals surface area contributed by atoms with Crippen LogP contribution in [0.3, 0.4) is 0 Å². The van der Waals surface area contributed by atoms with Crippen LogP contribution in [0.5, 0.6) is 0 Å². The molecule has 0 unspecified atom stereocenters. The summed E-state index contributed by atoms with van der Waals surface area (Å²) in [5.41, 5.74) is 7.09. The summed E-state index contributed by atoms with van der Waals surface area (Å²) in [6.07, 6.45) is 0. The van der Waals surface area contributed by atoms with Gasteiger partial charge in [-0.15, -0.1) is 11.6 Å². The highest BCUT2D eigenvalue weighted by atomic mass is 35.5. The molecule has 0 radical (unpaired) electrons. The highest BCUT2D eigenvalue weighted by Gasteiger charge is 1.92. The first kappa shape index (κ1) is 10.8. The van der Waals surface area contributed by atoms with Crippen molar-refractivity contribution >= 4 is 34.6 Å². The molecule has 0 aliphatic carbocycles. The standard InChI is InChI=1S/C10H9ClN2S/c11-7-1-2-8-3-5-9(6-4-8)13-10(12)14/h3-6H,7H2,(H3,12,13,14). The smallest absolute Gasteiger partial charge is 0.168 e. The van der Waals surface area contributed by atoms with Gasteiger partial charge in [-0.2, -0.15) is 0 Å². The van der Waals surface area contributed by atoms with Crippen molar-refractivity contribution in [3.8, 4) is 11.8 Å². The van der Waals surface area contributed by atoms with Gasteiger partial charge in [-0.1, -0.05) is 11.8 Å². The number of thiocarbonyl (C=S) groups is 1. The molecular weight excluding hydrogens is 216 g/mol. The van der Waals surface area contributed by atoms with Crippen LogP contribution >= 0.6 is 23.8 Å². The molecular formula is C10H9ClN2S. The predicted molar refractivity (Wildman–Crippen MR) is 64.4 cm³/mol. The van der Waals surface area contributed by atoms with Crippen LogP contribution in [0, 0.1) is 11.8 Å². The van der Waals surface area contributed by atoms with Gasteiger partial charge in [0.15, 0.2) is 5.11 Å². The monoisotopic (exact) mass is 224 g/mol. The Bertz CT molecular complexity index is 375. The van der Waals surface area contributed by atoms with Crippen LogP contribution in [0.4, 0.5) is 5.69 Å². The number of nitrogens with one attached hydrogen (secondary N) is 1. The summed E-state index contributed by atoms with van der Waals surface area (Å²) in [5, 5.41) is 3.08. The Kier molecular flexibility index (Phi) is 4.24. The molecule has 0 amide bonds. The van der Waals surface area contributed by atoms with Gasteiger partial charge in [0.1, 0.15) is 0 Å². The van der Waals surface area contributed by atoms with Gasteiger partial charge in [-0.3, -0.25) is 0 Å². The topological polar surface area (TPSA) is 38.0 Å². The van der Waals surface area contributed by atoms with Crippen LogP contribution in [-0.4, -0.2) is 11.0 Å². The largest absolute Gasteiger partial charge is 0.376 e. The van der Waals surface area contributed by atoms with E-state index in [-0.39, 0.29) is 5.11 Å². The summed E-state index contributed by atoms with van der Waals surface area (Å²) >= 11 is 10.1. The number of benzene rings is 1. The van der Waals surface area contributed by atoms with E-state index in [1.807, 2.05) is 24.3 Å². The second kappa shape index (κ2) is 5.48. The fraction of sp³-hybridized carbons (Fsp3) is 0.100. The number of halogens is 1. The zero-order chi connectivity index (χ0) is 10.4. The van der Waals surface area contributed by atoms with Crippen molar-refractivity contribution < 1.29 is 0 Å². The summed E-state index contributed by atoms with van der Waals surface area (Å²) < 4.78 is 0. The summed E-state index contributed by atoms with van der Waals surface area (Å²) in [7, 11) is 0. The number of alkyl halides is 1. The Labute approximate surface area is 93.4 Å². The molecule has 0 saturated carbocycles. The molecule has 0 spiro atoms. The lowest BCUT2D eigenvalue weighted by molar-refractivity contribution is 1.58. The molecule has 0 aromatic heterocycles. The maximum atomic E-state index is 5.43. The molecule has 0 saturated heterocycles. The highest BCUT2D eigenvalue weighted by molar-refractivity contribution is 7.80.